The third-order valence-electron chi connectivity index (χ3n) is 2.18. The first-order chi connectivity index (χ1) is 7.20. The van der Waals surface area contributed by atoms with Crippen LogP contribution in [-0.2, 0) is 7.05 Å². The van der Waals surface area contributed by atoms with Gasteiger partial charge in [-0.15, -0.1) is 0 Å². The number of aromatic nitrogens is 2. The van der Waals surface area contributed by atoms with E-state index in [9.17, 15) is 0 Å². The van der Waals surface area contributed by atoms with Gasteiger partial charge < -0.3 is 4.74 Å². The zero-order chi connectivity index (χ0) is 10.8. The van der Waals surface area contributed by atoms with Gasteiger partial charge in [-0.05, 0) is 18.2 Å². The monoisotopic (exact) mass is 266 g/mol. The molecule has 4 heteroatoms. The first-order valence-electron chi connectivity index (χ1n) is 4.53. The van der Waals surface area contributed by atoms with E-state index in [-0.39, 0.29) is 0 Å². The fourth-order valence-corrected chi connectivity index (χ4v) is 1.80. The summed E-state index contributed by atoms with van der Waals surface area (Å²) in [5.41, 5.74) is 2.11. The maximum atomic E-state index is 5.32. The molecule has 1 aromatic heterocycles. The summed E-state index contributed by atoms with van der Waals surface area (Å²) < 4.78 is 8.10. The summed E-state index contributed by atoms with van der Waals surface area (Å²) in [4.78, 5) is 0. The Kier molecular flexibility index (Phi) is 2.77. The number of hydrogen-bond acceptors (Lipinski definition) is 2. The van der Waals surface area contributed by atoms with E-state index in [0.717, 1.165) is 21.3 Å². The van der Waals surface area contributed by atoms with Gasteiger partial charge in [0, 0.05) is 28.8 Å². The van der Waals surface area contributed by atoms with Crippen LogP contribution in [0.5, 0.6) is 5.75 Å². The van der Waals surface area contributed by atoms with Crippen molar-refractivity contribution < 1.29 is 4.74 Å². The van der Waals surface area contributed by atoms with Gasteiger partial charge in [0.2, 0.25) is 0 Å². The molecule has 0 bridgehead atoms. The number of aryl methyl sites for hydroxylation is 1. The smallest absolute Gasteiger partial charge is 0.127 e. The molecule has 0 radical (unpaired) electrons. The molecule has 2 aromatic rings. The highest BCUT2D eigenvalue weighted by atomic mass is 79.9. The van der Waals surface area contributed by atoms with Crippen LogP contribution in [0, 0.1) is 0 Å². The molecule has 1 heterocycles. The summed E-state index contributed by atoms with van der Waals surface area (Å²) in [6.45, 7) is 0. The van der Waals surface area contributed by atoms with Gasteiger partial charge in [-0.1, -0.05) is 15.9 Å². The second kappa shape index (κ2) is 4.06. The third kappa shape index (κ3) is 2.04. The minimum absolute atomic E-state index is 0.845. The van der Waals surface area contributed by atoms with Crippen molar-refractivity contribution in [3.05, 3.63) is 35.1 Å². The van der Waals surface area contributed by atoms with Crippen LogP contribution in [-0.4, -0.2) is 16.9 Å². The van der Waals surface area contributed by atoms with Crippen LogP contribution in [0.2, 0.25) is 0 Å². The Labute approximate surface area is 96.8 Å². The fourth-order valence-electron chi connectivity index (χ4n) is 1.46. The number of benzene rings is 1. The lowest BCUT2D eigenvalue weighted by Gasteiger charge is -2.06. The molecule has 1 aromatic carbocycles. The molecule has 0 unspecified atom stereocenters. The van der Waals surface area contributed by atoms with Gasteiger partial charge in [0.05, 0.1) is 13.3 Å². The summed E-state index contributed by atoms with van der Waals surface area (Å²) in [7, 11) is 3.57. The van der Waals surface area contributed by atoms with Crippen LogP contribution in [0.25, 0.3) is 11.1 Å². The van der Waals surface area contributed by atoms with E-state index in [2.05, 4.69) is 21.0 Å². The predicted octanol–water partition coefficient (Wildman–Crippen LogP) is 2.86. The summed E-state index contributed by atoms with van der Waals surface area (Å²) in [5.74, 6) is 0.845. The SMILES string of the molecule is COc1cc(Br)ccc1-c1cnn(C)c1. The van der Waals surface area contributed by atoms with Gasteiger partial charge in [-0.3, -0.25) is 4.68 Å². The number of nitrogens with zero attached hydrogens (tertiary/aromatic N) is 2. The Morgan fingerprint density at radius 1 is 1.40 bits per heavy atom. The summed E-state index contributed by atoms with van der Waals surface area (Å²) in [5, 5.41) is 4.14. The lowest BCUT2D eigenvalue weighted by Crippen LogP contribution is -1.87. The molecule has 0 aliphatic rings. The van der Waals surface area contributed by atoms with E-state index < -0.39 is 0 Å². The van der Waals surface area contributed by atoms with Crippen molar-refractivity contribution in [3.8, 4) is 16.9 Å². The van der Waals surface area contributed by atoms with E-state index in [1.54, 1.807) is 11.8 Å². The average molecular weight is 267 g/mol. The number of ether oxygens (including phenoxy) is 1. The molecule has 0 fully saturated rings. The van der Waals surface area contributed by atoms with Gasteiger partial charge in [-0.25, -0.2) is 0 Å². The average Bonchev–Trinajstić information content (AvgIpc) is 2.64. The lowest BCUT2D eigenvalue weighted by atomic mass is 10.1. The summed E-state index contributed by atoms with van der Waals surface area (Å²) in [6, 6.07) is 5.95. The quantitative estimate of drug-likeness (QED) is 0.836. The van der Waals surface area contributed by atoms with E-state index in [1.807, 2.05) is 37.6 Å². The lowest BCUT2D eigenvalue weighted by molar-refractivity contribution is 0.416. The third-order valence-corrected chi connectivity index (χ3v) is 2.67. The van der Waals surface area contributed by atoms with Crippen molar-refractivity contribution in [2.75, 3.05) is 7.11 Å². The van der Waals surface area contributed by atoms with Gasteiger partial charge in [0.1, 0.15) is 5.75 Å². The van der Waals surface area contributed by atoms with E-state index in [0.29, 0.717) is 0 Å². The second-order valence-corrected chi connectivity index (χ2v) is 4.16. The molecule has 0 N–H and O–H groups in total. The predicted molar refractivity (Wildman–Crippen MR) is 62.9 cm³/mol. The minimum atomic E-state index is 0.845. The molecule has 0 amide bonds. The highest BCUT2D eigenvalue weighted by Crippen LogP contribution is 2.31. The summed E-state index contributed by atoms with van der Waals surface area (Å²) >= 11 is 3.41. The molecular weight excluding hydrogens is 256 g/mol. The maximum absolute atomic E-state index is 5.32. The van der Waals surface area contributed by atoms with E-state index in [1.165, 1.54) is 0 Å². The molecule has 78 valence electrons. The zero-order valence-electron chi connectivity index (χ0n) is 8.57. The number of halogens is 1. The van der Waals surface area contributed by atoms with Crippen molar-refractivity contribution in [1.29, 1.82) is 0 Å². The van der Waals surface area contributed by atoms with Crippen molar-refractivity contribution in [1.82, 2.24) is 9.78 Å². The Bertz CT molecular complexity index is 479. The second-order valence-electron chi connectivity index (χ2n) is 3.25. The zero-order valence-corrected chi connectivity index (χ0v) is 10.2. The minimum Gasteiger partial charge on any atom is -0.496 e. The molecule has 0 saturated carbocycles. The Hall–Kier alpha value is -1.29. The highest BCUT2D eigenvalue weighted by molar-refractivity contribution is 9.10. The normalized spacial score (nSPS) is 10.3. The summed E-state index contributed by atoms with van der Waals surface area (Å²) in [6.07, 6.45) is 3.79. The molecule has 0 spiro atoms. The van der Waals surface area contributed by atoms with Gasteiger partial charge in [-0.2, -0.15) is 5.10 Å². The molecule has 0 aliphatic heterocycles. The number of rotatable bonds is 2. The van der Waals surface area contributed by atoms with Crippen molar-refractivity contribution in [2.45, 2.75) is 0 Å². The molecule has 15 heavy (non-hydrogen) atoms. The van der Waals surface area contributed by atoms with Crippen molar-refractivity contribution >= 4 is 15.9 Å². The van der Waals surface area contributed by atoms with Crippen LogP contribution in [0.4, 0.5) is 0 Å². The van der Waals surface area contributed by atoms with Gasteiger partial charge in [0.15, 0.2) is 0 Å². The van der Waals surface area contributed by atoms with Gasteiger partial charge >= 0.3 is 0 Å². The molecule has 3 nitrogen and oxygen atoms in total. The van der Waals surface area contributed by atoms with Gasteiger partial charge in [0.25, 0.3) is 0 Å². The van der Waals surface area contributed by atoms with Crippen molar-refractivity contribution in [2.24, 2.45) is 7.05 Å². The van der Waals surface area contributed by atoms with E-state index >= 15 is 0 Å². The fraction of sp³-hybridized carbons (Fsp3) is 0.182. The van der Waals surface area contributed by atoms with E-state index in [4.69, 9.17) is 4.74 Å². The van der Waals surface area contributed by atoms with Crippen LogP contribution >= 0.6 is 15.9 Å². The first-order valence-corrected chi connectivity index (χ1v) is 5.32. The Morgan fingerprint density at radius 2 is 2.20 bits per heavy atom. The number of methoxy groups -OCH3 is 1. The largest absolute Gasteiger partial charge is 0.496 e. The van der Waals surface area contributed by atoms with Crippen molar-refractivity contribution in [3.63, 3.8) is 0 Å². The molecule has 0 aliphatic carbocycles. The van der Waals surface area contributed by atoms with Crippen LogP contribution in [0.3, 0.4) is 0 Å². The van der Waals surface area contributed by atoms with Crippen LogP contribution < -0.4 is 4.74 Å². The standard InChI is InChI=1S/C11H11BrN2O/c1-14-7-8(6-13-14)10-4-3-9(12)5-11(10)15-2/h3-7H,1-2H3. The first kappa shape index (κ1) is 10.2. The maximum Gasteiger partial charge on any atom is 0.127 e. The Morgan fingerprint density at radius 3 is 2.80 bits per heavy atom. The molecular formula is C11H11BrN2O. The van der Waals surface area contributed by atoms with Crippen LogP contribution in [0.15, 0.2) is 35.1 Å². The molecule has 0 atom stereocenters. The molecule has 0 saturated heterocycles. The van der Waals surface area contributed by atoms with Crippen LogP contribution in [0.1, 0.15) is 0 Å². The number of hydrogen-bond donors (Lipinski definition) is 0. The highest BCUT2D eigenvalue weighted by Gasteiger charge is 2.07. The topological polar surface area (TPSA) is 27.1 Å². The Balaban J connectivity index is 2.52. The molecule has 2 rings (SSSR count).